The van der Waals surface area contributed by atoms with Crippen LogP contribution < -0.4 is 5.32 Å². The van der Waals surface area contributed by atoms with Crippen LogP contribution in [0.2, 0.25) is 0 Å². The lowest BCUT2D eigenvalue weighted by atomic mass is 10.0. The van der Waals surface area contributed by atoms with Gasteiger partial charge in [-0.2, -0.15) is 27.0 Å². The van der Waals surface area contributed by atoms with Gasteiger partial charge in [0.2, 0.25) is 0 Å². The Labute approximate surface area is 130 Å². The molecule has 1 aromatic rings. The zero-order valence-corrected chi connectivity index (χ0v) is 13.7. The topological polar surface area (TPSA) is 35.5 Å². The lowest BCUT2D eigenvalue weighted by molar-refractivity contribution is 0.173. The number of aliphatic hydroxyl groups excluding tert-OH is 1. The van der Waals surface area contributed by atoms with Crippen LogP contribution in [-0.4, -0.2) is 42.8 Å². The molecule has 2 atom stereocenters. The van der Waals surface area contributed by atoms with Crippen LogP contribution in [0.1, 0.15) is 23.6 Å². The molecule has 1 aliphatic heterocycles. The quantitative estimate of drug-likeness (QED) is 0.886. The van der Waals surface area contributed by atoms with Gasteiger partial charge in [-0.25, -0.2) is 0 Å². The highest BCUT2D eigenvalue weighted by molar-refractivity contribution is 7.59. The third-order valence-corrected chi connectivity index (χ3v) is 3.48. The largest absolute Gasteiger partial charge is 0.392 e. The first-order valence-corrected chi connectivity index (χ1v) is 6.33. The van der Waals surface area contributed by atoms with E-state index < -0.39 is 0 Å². The van der Waals surface area contributed by atoms with Crippen LogP contribution in [0.3, 0.4) is 0 Å². The second-order valence-corrected chi connectivity index (χ2v) is 4.96. The first-order valence-electron chi connectivity index (χ1n) is 6.33. The first kappa shape index (κ1) is 18.8. The number of likely N-dealkylation sites (N-methyl/N-ethyl adjacent to an activating group) is 1. The number of rotatable bonds is 4. The summed E-state index contributed by atoms with van der Waals surface area (Å²) in [5.74, 6) is 0. The lowest BCUT2D eigenvalue weighted by Crippen LogP contribution is -2.33. The van der Waals surface area contributed by atoms with Crippen molar-refractivity contribution < 1.29 is 5.11 Å². The minimum absolute atomic E-state index is 0. The summed E-state index contributed by atoms with van der Waals surface area (Å²) >= 11 is 0. The van der Waals surface area contributed by atoms with Gasteiger partial charge in [0.25, 0.3) is 0 Å². The molecule has 0 radical (unpaired) electrons. The van der Waals surface area contributed by atoms with E-state index >= 15 is 0 Å². The van der Waals surface area contributed by atoms with Gasteiger partial charge < -0.3 is 10.4 Å². The molecule has 1 aromatic carbocycles. The summed E-state index contributed by atoms with van der Waals surface area (Å²) in [6, 6.07) is 8.97. The molecule has 5 heteroatoms. The average molecular weight is 303 g/mol. The maximum Gasteiger partial charge on any atom is 0.0679 e. The summed E-state index contributed by atoms with van der Waals surface area (Å²) in [4.78, 5) is 2.33. The summed E-state index contributed by atoms with van der Waals surface area (Å²) in [5.41, 5.74) is 2.62. The Morgan fingerprint density at radius 3 is 2.68 bits per heavy atom. The number of hydrogen-bond donors (Lipinski definition) is 2. The van der Waals surface area contributed by atoms with E-state index in [1.807, 2.05) is 7.05 Å². The molecule has 0 saturated carbocycles. The fraction of sp³-hybridized carbons (Fsp3) is 0.571. The summed E-state index contributed by atoms with van der Waals surface area (Å²) in [7, 11) is 2.00. The normalized spacial score (nSPS) is 20.5. The lowest BCUT2D eigenvalue weighted by Gasteiger charge is -2.23. The molecule has 3 nitrogen and oxygen atoms in total. The molecule has 1 fully saturated rings. The van der Waals surface area contributed by atoms with Crippen molar-refractivity contribution in [2.75, 3.05) is 26.7 Å². The smallest absolute Gasteiger partial charge is 0.0679 e. The molecule has 1 aliphatic rings. The van der Waals surface area contributed by atoms with Crippen molar-refractivity contribution in [1.82, 2.24) is 10.2 Å². The zero-order valence-electron chi connectivity index (χ0n) is 11.7. The summed E-state index contributed by atoms with van der Waals surface area (Å²) in [5, 5.41) is 12.9. The third kappa shape index (κ3) is 5.36. The maximum atomic E-state index is 9.54. The monoisotopic (exact) mass is 302 g/mol. The van der Waals surface area contributed by atoms with Crippen molar-refractivity contribution in [2.45, 2.75) is 25.5 Å². The van der Waals surface area contributed by atoms with Gasteiger partial charge in [0.15, 0.2) is 0 Å². The number of likely N-dealkylation sites (tertiary alicyclic amines) is 1. The molecule has 110 valence electrons. The van der Waals surface area contributed by atoms with E-state index in [1.165, 1.54) is 11.1 Å². The fourth-order valence-corrected chi connectivity index (χ4v) is 2.49. The van der Waals surface area contributed by atoms with Crippen LogP contribution in [0.4, 0.5) is 0 Å². The summed E-state index contributed by atoms with van der Waals surface area (Å²) in [6.07, 6.45) is 0.773. The van der Waals surface area contributed by atoms with E-state index in [2.05, 4.69) is 41.4 Å². The summed E-state index contributed by atoms with van der Waals surface area (Å²) in [6.45, 7) is 4.90. The van der Waals surface area contributed by atoms with Crippen LogP contribution in [0.5, 0.6) is 0 Å². The van der Waals surface area contributed by atoms with Gasteiger partial charge in [-0.1, -0.05) is 29.8 Å². The van der Waals surface area contributed by atoms with Crippen LogP contribution in [0.15, 0.2) is 24.3 Å². The molecule has 1 saturated heterocycles. The zero-order chi connectivity index (χ0) is 12.3. The second-order valence-electron chi connectivity index (χ2n) is 4.96. The molecular formula is C14H26N2OS2. The van der Waals surface area contributed by atoms with E-state index in [4.69, 9.17) is 0 Å². The van der Waals surface area contributed by atoms with Crippen molar-refractivity contribution >= 4 is 27.0 Å². The number of aliphatic hydroxyl groups is 1. The van der Waals surface area contributed by atoms with Gasteiger partial charge in [-0.05, 0) is 26.0 Å². The Kier molecular flexibility index (Phi) is 8.78. The predicted octanol–water partition coefficient (Wildman–Crippen LogP) is 1.55. The molecule has 19 heavy (non-hydrogen) atoms. The van der Waals surface area contributed by atoms with E-state index in [0.717, 1.165) is 26.1 Å². The van der Waals surface area contributed by atoms with Gasteiger partial charge in [-0.15, -0.1) is 0 Å². The molecule has 0 spiro atoms. The molecule has 0 amide bonds. The highest BCUT2D eigenvalue weighted by Gasteiger charge is 2.22. The molecular weight excluding hydrogens is 276 g/mol. The minimum atomic E-state index is -0.134. The van der Waals surface area contributed by atoms with Crippen LogP contribution in [-0.2, 0) is 0 Å². The number of nitrogens with one attached hydrogen (secondary N) is 1. The number of hydrogen-bond acceptors (Lipinski definition) is 3. The SMILES string of the molecule is CN[C@H](CN1CC[C@H](O)C1)c1cccc(C)c1.S.S. The van der Waals surface area contributed by atoms with E-state index in [1.54, 1.807) is 0 Å². The van der Waals surface area contributed by atoms with Crippen molar-refractivity contribution in [1.29, 1.82) is 0 Å². The maximum absolute atomic E-state index is 9.54. The van der Waals surface area contributed by atoms with Crippen molar-refractivity contribution in [3.05, 3.63) is 35.4 Å². The van der Waals surface area contributed by atoms with Crippen molar-refractivity contribution in [3.63, 3.8) is 0 Å². The Morgan fingerprint density at radius 1 is 1.42 bits per heavy atom. The first-order chi connectivity index (χ1) is 8.19. The number of benzene rings is 1. The van der Waals surface area contributed by atoms with Crippen LogP contribution >= 0.6 is 27.0 Å². The molecule has 1 heterocycles. The molecule has 2 N–H and O–H groups in total. The Morgan fingerprint density at radius 2 is 2.16 bits per heavy atom. The van der Waals surface area contributed by atoms with E-state index in [9.17, 15) is 5.11 Å². The van der Waals surface area contributed by atoms with Crippen LogP contribution in [0, 0.1) is 6.92 Å². The van der Waals surface area contributed by atoms with Gasteiger partial charge in [0, 0.05) is 25.7 Å². The number of aryl methyl sites for hydroxylation is 1. The van der Waals surface area contributed by atoms with Crippen LogP contribution in [0.25, 0.3) is 0 Å². The Balaban J connectivity index is 0.00000162. The van der Waals surface area contributed by atoms with E-state index in [0.29, 0.717) is 6.04 Å². The predicted molar refractivity (Wildman–Crippen MR) is 90.8 cm³/mol. The van der Waals surface area contributed by atoms with Gasteiger partial charge in [0.05, 0.1) is 6.10 Å². The standard InChI is InChI=1S/C14H22N2O.2H2S/c1-11-4-3-5-12(8-11)14(15-2)10-16-7-6-13(17)9-16;;/h3-5,8,13-15,17H,6-7,9-10H2,1-2H3;2*1H2/t13-,14+;;/m0../s1. The van der Waals surface area contributed by atoms with E-state index in [-0.39, 0.29) is 33.1 Å². The second kappa shape index (κ2) is 8.87. The van der Waals surface area contributed by atoms with Gasteiger partial charge in [-0.3, -0.25) is 4.90 Å². The fourth-order valence-electron chi connectivity index (χ4n) is 2.49. The molecule has 2 rings (SSSR count). The van der Waals surface area contributed by atoms with Crippen molar-refractivity contribution in [2.24, 2.45) is 0 Å². The Hall–Kier alpha value is -0.200. The molecule has 0 unspecified atom stereocenters. The third-order valence-electron chi connectivity index (χ3n) is 3.48. The summed E-state index contributed by atoms with van der Waals surface area (Å²) < 4.78 is 0. The highest BCUT2D eigenvalue weighted by atomic mass is 32.1. The minimum Gasteiger partial charge on any atom is -0.392 e. The average Bonchev–Trinajstić information content (AvgIpc) is 2.72. The van der Waals surface area contributed by atoms with Gasteiger partial charge >= 0.3 is 0 Å². The van der Waals surface area contributed by atoms with Crippen molar-refractivity contribution in [3.8, 4) is 0 Å². The molecule has 0 bridgehead atoms. The highest BCUT2D eigenvalue weighted by Crippen LogP contribution is 2.18. The molecule has 0 aromatic heterocycles. The Bertz CT molecular complexity index is 376. The number of nitrogens with zero attached hydrogens (tertiary/aromatic N) is 1. The molecule has 0 aliphatic carbocycles. The van der Waals surface area contributed by atoms with Gasteiger partial charge in [0.1, 0.15) is 0 Å². The number of β-amino-alcohol motifs (C(OH)–C–C–N with tert-alkyl or cyclic N) is 1.